The number of anilines is 1. The number of benzene rings is 2. The van der Waals surface area contributed by atoms with Crippen molar-refractivity contribution in [3.63, 3.8) is 0 Å². The first-order chi connectivity index (χ1) is 10.6. The van der Waals surface area contributed by atoms with Gasteiger partial charge in [0, 0.05) is 12.1 Å². The molecule has 0 fully saturated rings. The molecule has 0 aliphatic heterocycles. The normalized spacial score (nSPS) is 9.95. The highest BCUT2D eigenvalue weighted by molar-refractivity contribution is 5.93. The summed E-state index contributed by atoms with van der Waals surface area (Å²) in [5, 5.41) is 2.60. The molecule has 2 aromatic carbocycles. The molecule has 116 valence electrons. The van der Waals surface area contributed by atoms with Gasteiger partial charge < -0.3 is 19.5 Å². The van der Waals surface area contributed by atoms with Crippen molar-refractivity contribution >= 4 is 11.6 Å². The molecule has 0 radical (unpaired) electrons. The van der Waals surface area contributed by atoms with Crippen molar-refractivity contribution in [3.05, 3.63) is 48.3 Å². The molecule has 2 aromatic rings. The highest BCUT2D eigenvalue weighted by Gasteiger charge is 2.09. The van der Waals surface area contributed by atoms with Crippen molar-refractivity contribution in [1.82, 2.24) is 0 Å². The van der Waals surface area contributed by atoms with Crippen LogP contribution in [0, 0.1) is 5.82 Å². The minimum Gasteiger partial charge on any atom is -0.497 e. The van der Waals surface area contributed by atoms with Gasteiger partial charge in [0.25, 0.3) is 5.91 Å². The fourth-order valence-electron chi connectivity index (χ4n) is 1.79. The average molecular weight is 305 g/mol. The topological polar surface area (TPSA) is 56.8 Å². The summed E-state index contributed by atoms with van der Waals surface area (Å²) in [6.07, 6.45) is 0. The number of ether oxygens (including phenoxy) is 3. The molecule has 0 aliphatic carbocycles. The van der Waals surface area contributed by atoms with E-state index in [4.69, 9.17) is 14.2 Å². The third-order valence-corrected chi connectivity index (χ3v) is 2.85. The fraction of sp³-hybridized carbons (Fsp3) is 0.188. The minimum absolute atomic E-state index is 0.187. The van der Waals surface area contributed by atoms with E-state index in [1.54, 1.807) is 31.4 Å². The third-order valence-electron chi connectivity index (χ3n) is 2.85. The van der Waals surface area contributed by atoms with Crippen LogP contribution in [0.15, 0.2) is 42.5 Å². The molecule has 0 aromatic heterocycles. The molecule has 0 unspecified atom stereocenters. The quantitative estimate of drug-likeness (QED) is 0.891. The number of halogens is 1. The summed E-state index contributed by atoms with van der Waals surface area (Å²) >= 11 is 0. The first kappa shape index (κ1) is 15.6. The standard InChI is InChI=1S/C16H16FNO4/c1-20-12-4-3-5-13(9-12)22-10-16(19)18-14-7-6-11(17)8-15(14)21-2/h3-9H,10H2,1-2H3,(H,18,19). The van der Waals surface area contributed by atoms with Gasteiger partial charge in [0.1, 0.15) is 23.1 Å². The molecule has 0 saturated carbocycles. The Morgan fingerprint density at radius 2 is 1.86 bits per heavy atom. The lowest BCUT2D eigenvalue weighted by Crippen LogP contribution is -2.20. The second-order valence-electron chi connectivity index (χ2n) is 4.36. The van der Waals surface area contributed by atoms with Crippen LogP contribution >= 0.6 is 0 Å². The van der Waals surface area contributed by atoms with E-state index in [-0.39, 0.29) is 18.3 Å². The number of hydrogen-bond donors (Lipinski definition) is 1. The molecule has 1 N–H and O–H groups in total. The van der Waals surface area contributed by atoms with E-state index >= 15 is 0 Å². The van der Waals surface area contributed by atoms with E-state index in [0.29, 0.717) is 17.2 Å². The van der Waals surface area contributed by atoms with Gasteiger partial charge >= 0.3 is 0 Å². The Kier molecular flexibility index (Phi) is 5.19. The molecule has 22 heavy (non-hydrogen) atoms. The summed E-state index contributed by atoms with van der Waals surface area (Å²) in [5.74, 6) is 0.573. The van der Waals surface area contributed by atoms with Crippen LogP contribution in [0.5, 0.6) is 17.2 Å². The summed E-state index contributed by atoms with van der Waals surface area (Å²) in [6, 6.07) is 10.8. The van der Waals surface area contributed by atoms with Crippen molar-refractivity contribution in [2.45, 2.75) is 0 Å². The Hall–Kier alpha value is -2.76. The Bertz CT molecular complexity index is 660. The van der Waals surface area contributed by atoms with Gasteiger partial charge in [-0.05, 0) is 24.3 Å². The molecule has 0 heterocycles. The lowest BCUT2D eigenvalue weighted by molar-refractivity contribution is -0.118. The number of carbonyl (C=O) groups excluding carboxylic acids is 1. The van der Waals surface area contributed by atoms with Crippen LogP contribution < -0.4 is 19.5 Å². The van der Waals surface area contributed by atoms with E-state index in [0.717, 1.165) is 0 Å². The summed E-state index contributed by atoms with van der Waals surface area (Å²) in [4.78, 5) is 11.9. The Labute approximate surface area is 127 Å². The SMILES string of the molecule is COc1cccc(OCC(=O)Nc2ccc(F)cc2OC)c1. The predicted molar refractivity (Wildman–Crippen MR) is 80.1 cm³/mol. The van der Waals surface area contributed by atoms with Crippen LogP contribution in [0.1, 0.15) is 0 Å². The van der Waals surface area contributed by atoms with Crippen LogP contribution in [0.4, 0.5) is 10.1 Å². The molecule has 2 rings (SSSR count). The summed E-state index contributed by atoms with van der Waals surface area (Å²) in [5.41, 5.74) is 0.378. The van der Waals surface area contributed by atoms with Crippen molar-refractivity contribution < 1.29 is 23.4 Å². The maximum absolute atomic E-state index is 13.1. The van der Waals surface area contributed by atoms with Crippen molar-refractivity contribution in [2.24, 2.45) is 0 Å². The van der Waals surface area contributed by atoms with Crippen molar-refractivity contribution in [2.75, 3.05) is 26.1 Å². The second-order valence-corrected chi connectivity index (χ2v) is 4.36. The van der Waals surface area contributed by atoms with Crippen LogP contribution in [-0.4, -0.2) is 26.7 Å². The summed E-state index contributed by atoms with van der Waals surface area (Å²) in [7, 11) is 2.95. The van der Waals surface area contributed by atoms with Gasteiger partial charge in [-0.3, -0.25) is 4.79 Å². The van der Waals surface area contributed by atoms with Crippen LogP contribution in [0.25, 0.3) is 0 Å². The molecule has 0 spiro atoms. The van der Waals surface area contributed by atoms with E-state index in [9.17, 15) is 9.18 Å². The molecular formula is C16H16FNO4. The Morgan fingerprint density at radius 1 is 1.09 bits per heavy atom. The molecule has 0 aliphatic rings. The number of nitrogens with one attached hydrogen (secondary N) is 1. The van der Waals surface area contributed by atoms with Gasteiger partial charge in [-0.15, -0.1) is 0 Å². The maximum Gasteiger partial charge on any atom is 0.262 e. The Balaban J connectivity index is 1.95. The number of methoxy groups -OCH3 is 2. The number of rotatable bonds is 6. The van der Waals surface area contributed by atoms with Gasteiger partial charge in [0.2, 0.25) is 0 Å². The van der Waals surface area contributed by atoms with E-state index in [1.165, 1.54) is 25.3 Å². The van der Waals surface area contributed by atoms with Crippen molar-refractivity contribution in [1.29, 1.82) is 0 Å². The summed E-state index contributed by atoms with van der Waals surface area (Å²) in [6.45, 7) is -0.187. The Morgan fingerprint density at radius 3 is 2.59 bits per heavy atom. The number of hydrogen-bond acceptors (Lipinski definition) is 4. The fourth-order valence-corrected chi connectivity index (χ4v) is 1.79. The molecule has 6 heteroatoms. The molecule has 0 bridgehead atoms. The highest BCUT2D eigenvalue weighted by atomic mass is 19.1. The first-order valence-electron chi connectivity index (χ1n) is 6.52. The zero-order valence-electron chi connectivity index (χ0n) is 12.3. The highest BCUT2D eigenvalue weighted by Crippen LogP contribution is 2.25. The molecule has 5 nitrogen and oxygen atoms in total. The molecule has 1 amide bonds. The smallest absolute Gasteiger partial charge is 0.262 e. The van der Waals surface area contributed by atoms with Crippen LogP contribution in [-0.2, 0) is 4.79 Å². The van der Waals surface area contributed by atoms with Gasteiger partial charge in [-0.2, -0.15) is 0 Å². The van der Waals surface area contributed by atoms with Gasteiger partial charge in [0.15, 0.2) is 6.61 Å². The lowest BCUT2D eigenvalue weighted by atomic mass is 10.3. The predicted octanol–water partition coefficient (Wildman–Crippen LogP) is 2.86. The van der Waals surface area contributed by atoms with Gasteiger partial charge in [0.05, 0.1) is 19.9 Å². The number of carbonyl (C=O) groups is 1. The lowest BCUT2D eigenvalue weighted by Gasteiger charge is -2.11. The van der Waals surface area contributed by atoms with Crippen LogP contribution in [0.3, 0.4) is 0 Å². The average Bonchev–Trinajstić information content (AvgIpc) is 2.54. The molecule has 0 saturated heterocycles. The second kappa shape index (κ2) is 7.31. The zero-order valence-corrected chi connectivity index (χ0v) is 12.3. The van der Waals surface area contributed by atoms with Crippen LogP contribution in [0.2, 0.25) is 0 Å². The molecular weight excluding hydrogens is 289 g/mol. The first-order valence-corrected chi connectivity index (χ1v) is 6.52. The van der Waals surface area contributed by atoms with Gasteiger partial charge in [-0.25, -0.2) is 4.39 Å². The van der Waals surface area contributed by atoms with E-state index in [1.807, 2.05) is 0 Å². The zero-order chi connectivity index (χ0) is 15.9. The van der Waals surface area contributed by atoms with E-state index in [2.05, 4.69) is 5.32 Å². The number of amides is 1. The monoisotopic (exact) mass is 305 g/mol. The largest absolute Gasteiger partial charge is 0.497 e. The third kappa shape index (κ3) is 4.12. The van der Waals surface area contributed by atoms with Crippen molar-refractivity contribution in [3.8, 4) is 17.2 Å². The van der Waals surface area contributed by atoms with Gasteiger partial charge in [-0.1, -0.05) is 6.07 Å². The minimum atomic E-state index is -0.442. The maximum atomic E-state index is 13.1. The van der Waals surface area contributed by atoms with E-state index < -0.39 is 5.82 Å². The summed E-state index contributed by atoms with van der Waals surface area (Å²) < 4.78 is 28.5. The molecule has 0 atom stereocenters.